The summed E-state index contributed by atoms with van der Waals surface area (Å²) in [6.45, 7) is 0.324. The molecule has 0 radical (unpaired) electrons. The molecule has 0 fully saturated rings. The van der Waals surface area contributed by atoms with Gasteiger partial charge in [0.05, 0.1) is 5.02 Å². The lowest BCUT2D eigenvalue weighted by Crippen LogP contribution is -2.26. The first-order chi connectivity index (χ1) is 10.0. The Balaban J connectivity index is 1.79. The molecule has 1 unspecified atom stereocenters. The number of ether oxygens (including phenoxy) is 1. The summed E-state index contributed by atoms with van der Waals surface area (Å²) in [4.78, 5) is 0. The molecule has 0 aliphatic carbocycles. The van der Waals surface area contributed by atoms with Crippen LogP contribution in [0.4, 0.5) is 10.1 Å². The number of rotatable bonds is 6. The van der Waals surface area contributed by atoms with Gasteiger partial charge < -0.3 is 15.2 Å². The minimum atomic E-state index is -0.747. The van der Waals surface area contributed by atoms with Gasteiger partial charge in [-0.05, 0) is 36.4 Å². The number of aliphatic hydroxyl groups is 1. The summed E-state index contributed by atoms with van der Waals surface area (Å²) in [6, 6.07) is 11.3. The monoisotopic (exact) mass is 329 g/mol. The molecule has 2 aromatic rings. The Bertz CT molecular complexity index is 610. The van der Waals surface area contributed by atoms with Crippen LogP contribution in [0.25, 0.3) is 0 Å². The molecule has 2 rings (SSSR count). The Hall–Kier alpha value is -1.49. The molecule has 2 N–H and O–H groups in total. The Morgan fingerprint density at radius 3 is 2.71 bits per heavy atom. The van der Waals surface area contributed by atoms with Gasteiger partial charge in [0.1, 0.15) is 24.3 Å². The van der Waals surface area contributed by atoms with Gasteiger partial charge >= 0.3 is 0 Å². The summed E-state index contributed by atoms with van der Waals surface area (Å²) in [6.07, 6.45) is -0.747. The standard InChI is InChI=1S/C15H14Cl2FNO2/c16-10-2-1-3-13(6-10)21-9-12(20)8-19-11-4-5-14(17)15(18)7-11/h1-7,12,19-20H,8-9H2. The maximum absolute atomic E-state index is 13.2. The van der Waals surface area contributed by atoms with Gasteiger partial charge in [0, 0.05) is 17.3 Å². The van der Waals surface area contributed by atoms with Crippen LogP contribution >= 0.6 is 23.2 Å². The first-order valence-corrected chi connectivity index (χ1v) is 7.05. The maximum Gasteiger partial charge on any atom is 0.143 e. The number of benzene rings is 2. The van der Waals surface area contributed by atoms with Crippen LogP contribution in [0.5, 0.6) is 5.75 Å². The number of halogens is 3. The van der Waals surface area contributed by atoms with Crippen molar-refractivity contribution in [1.29, 1.82) is 0 Å². The van der Waals surface area contributed by atoms with Gasteiger partial charge in [-0.15, -0.1) is 0 Å². The molecule has 0 spiro atoms. The van der Waals surface area contributed by atoms with Crippen LogP contribution in [0.2, 0.25) is 10.0 Å². The van der Waals surface area contributed by atoms with Crippen molar-refractivity contribution in [2.75, 3.05) is 18.5 Å². The van der Waals surface area contributed by atoms with E-state index in [0.717, 1.165) is 0 Å². The Morgan fingerprint density at radius 1 is 1.19 bits per heavy atom. The van der Waals surface area contributed by atoms with Crippen molar-refractivity contribution in [1.82, 2.24) is 0 Å². The first-order valence-electron chi connectivity index (χ1n) is 6.30. The molecule has 2 aromatic carbocycles. The highest BCUT2D eigenvalue weighted by molar-refractivity contribution is 6.31. The third kappa shape index (κ3) is 5.08. The van der Waals surface area contributed by atoms with E-state index in [1.807, 2.05) is 0 Å². The van der Waals surface area contributed by atoms with E-state index in [1.165, 1.54) is 12.1 Å². The van der Waals surface area contributed by atoms with Gasteiger partial charge in [-0.1, -0.05) is 29.3 Å². The summed E-state index contributed by atoms with van der Waals surface area (Å²) >= 11 is 11.4. The average Bonchev–Trinajstić information content (AvgIpc) is 2.46. The van der Waals surface area contributed by atoms with E-state index in [1.54, 1.807) is 30.3 Å². The Kier molecular flexibility index (Phi) is 5.67. The SMILES string of the molecule is OC(CNc1ccc(Cl)c(F)c1)COc1cccc(Cl)c1. The van der Waals surface area contributed by atoms with Crippen LogP contribution in [0.3, 0.4) is 0 Å². The van der Waals surface area contributed by atoms with E-state index in [9.17, 15) is 9.50 Å². The van der Waals surface area contributed by atoms with Crippen molar-refractivity contribution in [3.05, 3.63) is 58.3 Å². The number of anilines is 1. The van der Waals surface area contributed by atoms with Crippen molar-refractivity contribution >= 4 is 28.9 Å². The normalized spacial score (nSPS) is 12.0. The van der Waals surface area contributed by atoms with E-state index < -0.39 is 11.9 Å². The summed E-state index contributed by atoms with van der Waals surface area (Å²) in [5.74, 6) is 0.0745. The van der Waals surface area contributed by atoms with Crippen molar-refractivity contribution in [2.24, 2.45) is 0 Å². The van der Waals surface area contributed by atoms with E-state index in [2.05, 4.69) is 5.32 Å². The minimum Gasteiger partial charge on any atom is -0.491 e. The molecule has 0 saturated carbocycles. The summed E-state index contributed by atoms with van der Waals surface area (Å²) < 4.78 is 18.6. The van der Waals surface area contributed by atoms with Crippen molar-refractivity contribution < 1.29 is 14.2 Å². The smallest absolute Gasteiger partial charge is 0.143 e. The average molecular weight is 330 g/mol. The highest BCUT2D eigenvalue weighted by atomic mass is 35.5. The van der Waals surface area contributed by atoms with E-state index in [-0.39, 0.29) is 18.2 Å². The van der Waals surface area contributed by atoms with Crippen molar-refractivity contribution in [2.45, 2.75) is 6.10 Å². The molecular formula is C15H14Cl2FNO2. The molecule has 0 amide bonds. The molecule has 0 bridgehead atoms. The molecule has 0 saturated heterocycles. The van der Waals surface area contributed by atoms with Crippen molar-refractivity contribution in [3.8, 4) is 5.75 Å². The molecule has 0 aliphatic heterocycles. The van der Waals surface area contributed by atoms with Crippen LogP contribution in [0, 0.1) is 5.82 Å². The fourth-order valence-electron chi connectivity index (χ4n) is 1.65. The predicted octanol–water partition coefficient (Wildman–Crippen LogP) is 3.98. The zero-order chi connectivity index (χ0) is 15.2. The zero-order valence-electron chi connectivity index (χ0n) is 11.0. The van der Waals surface area contributed by atoms with Gasteiger partial charge in [0.2, 0.25) is 0 Å². The molecule has 6 heteroatoms. The second-order valence-electron chi connectivity index (χ2n) is 4.43. The number of hydrogen-bond acceptors (Lipinski definition) is 3. The van der Waals surface area contributed by atoms with E-state index in [0.29, 0.717) is 16.5 Å². The topological polar surface area (TPSA) is 41.5 Å². The summed E-state index contributed by atoms with van der Waals surface area (Å²) in [7, 11) is 0. The first kappa shape index (κ1) is 15.9. The largest absolute Gasteiger partial charge is 0.491 e. The molecule has 112 valence electrons. The number of nitrogens with one attached hydrogen (secondary N) is 1. The molecule has 0 heterocycles. The molecular weight excluding hydrogens is 316 g/mol. The third-order valence-corrected chi connectivity index (χ3v) is 3.24. The molecule has 0 aromatic heterocycles. The maximum atomic E-state index is 13.2. The second kappa shape index (κ2) is 7.50. The highest BCUT2D eigenvalue weighted by Crippen LogP contribution is 2.19. The Labute approximate surface area is 132 Å². The van der Waals surface area contributed by atoms with Crippen LogP contribution < -0.4 is 10.1 Å². The van der Waals surface area contributed by atoms with Crippen LogP contribution in [-0.4, -0.2) is 24.4 Å². The van der Waals surface area contributed by atoms with Gasteiger partial charge in [0.25, 0.3) is 0 Å². The quantitative estimate of drug-likeness (QED) is 0.842. The van der Waals surface area contributed by atoms with Gasteiger partial charge in [-0.3, -0.25) is 0 Å². The summed E-state index contributed by atoms with van der Waals surface area (Å²) in [5, 5.41) is 13.4. The lowest BCUT2D eigenvalue weighted by molar-refractivity contribution is 0.117. The zero-order valence-corrected chi connectivity index (χ0v) is 12.5. The summed E-state index contributed by atoms with van der Waals surface area (Å²) in [5.41, 5.74) is 0.540. The minimum absolute atomic E-state index is 0.0605. The molecule has 3 nitrogen and oxygen atoms in total. The number of hydrogen-bond donors (Lipinski definition) is 2. The third-order valence-electron chi connectivity index (χ3n) is 2.70. The van der Waals surface area contributed by atoms with Crippen molar-refractivity contribution in [3.63, 3.8) is 0 Å². The number of aliphatic hydroxyl groups excluding tert-OH is 1. The van der Waals surface area contributed by atoms with E-state index >= 15 is 0 Å². The van der Waals surface area contributed by atoms with Gasteiger partial charge in [-0.2, -0.15) is 0 Å². The lowest BCUT2D eigenvalue weighted by Gasteiger charge is -2.14. The predicted molar refractivity (Wildman–Crippen MR) is 82.9 cm³/mol. The second-order valence-corrected chi connectivity index (χ2v) is 5.28. The Morgan fingerprint density at radius 2 is 2.00 bits per heavy atom. The lowest BCUT2D eigenvalue weighted by atomic mass is 10.3. The van der Waals surface area contributed by atoms with E-state index in [4.69, 9.17) is 27.9 Å². The fourth-order valence-corrected chi connectivity index (χ4v) is 1.95. The molecule has 21 heavy (non-hydrogen) atoms. The molecule has 0 aliphatic rings. The van der Waals surface area contributed by atoms with Gasteiger partial charge in [-0.25, -0.2) is 4.39 Å². The fraction of sp³-hybridized carbons (Fsp3) is 0.200. The highest BCUT2D eigenvalue weighted by Gasteiger charge is 2.07. The van der Waals surface area contributed by atoms with Crippen LogP contribution in [0.1, 0.15) is 0 Å². The van der Waals surface area contributed by atoms with Gasteiger partial charge in [0.15, 0.2) is 0 Å². The molecule has 1 atom stereocenters. The van der Waals surface area contributed by atoms with Crippen LogP contribution in [-0.2, 0) is 0 Å². The van der Waals surface area contributed by atoms with Crippen LogP contribution in [0.15, 0.2) is 42.5 Å².